The van der Waals surface area contributed by atoms with Gasteiger partial charge in [-0.3, -0.25) is 10.1 Å². The van der Waals surface area contributed by atoms with Gasteiger partial charge >= 0.3 is 5.69 Å². The zero-order valence-electron chi connectivity index (χ0n) is 8.46. The zero-order chi connectivity index (χ0) is 12.5. The third kappa shape index (κ3) is 3.05. The fraction of sp³-hybridized carbons (Fsp3) is 0.333. The molecule has 7 heteroatoms. The van der Waals surface area contributed by atoms with Crippen LogP contribution in [-0.2, 0) is 0 Å². The number of ether oxygens (including phenoxy) is 1. The molecule has 0 N–H and O–H groups in total. The van der Waals surface area contributed by atoms with Crippen LogP contribution in [0, 0.1) is 15.9 Å². The van der Waals surface area contributed by atoms with Gasteiger partial charge in [-0.1, -0.05) is 11.6 Å². The van der Waals surface area contributed by atoms with E-state index in [1.807, 2.05) is 0 Å². The van der Waals surface area contributed by atoms with Gasteiger partial charge in [-0.05, 0) is 41.9 Å². The van der Waals surface area contributed by atoms with Gasteiger partial charge in [-0.15, -0.1) is 0 Å². The fourth-order valence-electron chi connectivity index (χ4n) is 1.04. The number of nitro groups is 1. The Kier molecular flexibility index (Phi) is 3.75. The van der Waals surface area contributed by atoms with Gasteiger partial charge in [-0.2, -0.15) is 0 Å². The van der Waals surface area contributed by atoms with Gasteiger partial charge in [0.05, 0.1) is 4.92 Å². The summed E-state index contributed by atoms with van der Waals surface area (Å²) in [6.07, 6.45) is 0. The summed E-state index contributed by atoms with van der Waals surface area (Å²) in [5, 5.41) is 10.2. The summed E-state index contributed by atoms with van der Waals surface area (Å²) in [5.41, 5.74) is -0.575. The maximum absolute atomic E-state index is 13.0. The summed E-state index contributed by atoms with van der Waals surface area (Å²) < 4.78 is 17.5. The molecule has 0 aliphatic carbocycles. The van der Waals surface area contributed by atoms with Gasteiger partial charge in [0.25, 0.3) is 0 Å². The normalized spacial score (nSPS) is 11.3. The van der Waals surface area contributed by atoms with E-state index in [4.69, 9.17) is 16.3 Å². The van der Waals surface area contributed by atoms with Gasteiger partial charge < -0.3 is 4.74 Å². The fourth-order valence-corrected chi connectivity index (χ4v) is 1.44. The molecule has 0 fully saturated rings. The zero-order valence-corrected chi connectivity index (χ0v) is 10.8. The van der Waals surface area contributed by atoms with Crippen molar-refractivity contribution in [3.8, 4) is 5.75 Å². The van der Waals surface area contributed by atoms with Crippen LogP contribution in [0.5, 0.6) is 5.75 Å². The Labute approximate surface area is 105 Å². The lowest BCUT2D eigenvalue weighted by Gasteiger charge is -2.19. The minimum absolute atomic E-state index is 0.0849. The van der Waals surface area contributed by atoms with Crippen LogP contribution in [0.15, 0.2) is 12.1 Å². The molecule has 0 aliphatic heterocycles. The largest absolute Gasteiger partial charge is 0.469 e. The lowest BCUT2D eigenvalue weighted by molar-refractivity contribution is -0.386. The molecule has 16 heavy (non-hydrogen) atoms. The molecule has 0 radical (unpaired) electrons. The molecule has 0 unspecified atom stereocenters. The Balaban J connectivity index is 3.29. The smallest absolute Gasteiger partial charge is 0.332 e. The molecule has 0 spiro atoms. The molecule has 0 heterocycles. The number of benzene rings is 1. The molecule has 0 aliphatic rings. The van der Waals surface area contributed by atoms with Crippen molar-refractivity contribution in [2.24, 2.45) is 0 Å². The number of hydrogen-bond acceptors (Lipinski definition) is 3. The topological polar surface area (TPSA) is 52.4 Å². The number of alkyl halides is 1. The van der Waals surface area contributed by atoms with E-state index in [9.17, 15) is 14.5 Å². The second-order valence-corrected chi connectivity index (χ2v) is 5.72. The first-order chi connectivity index (χ1) is 7.22. The first-order valence-electron chi connectivity index (χ1n) is 4.22. The molecule has 0 aromatic heterocycles. The predicted molar refractivity (Wildman–Crippen MR) is 61.7 cm³/mol. The summed E-state index contributed by atoms with van der Waals surface area (Å²) in [7, 11) is 0. The molecule has 1 aromatic rings. The summed E-state index contributed by atoms with van der Waals surface area (Å²) in [6.45, 7) is 3.29. The summed E-state index contributed by atoms with van der Waals surface area (Å²) in [5.74, 6) is -0.939. The van der Waals surface area contributed by atoms with E-state index in [0.29, 0.717) is 0 Å². The third-order valence-electron chi connectivity index (χ3n) is 1.57. The monoisotopic (exact) mass is 311 g/mol. The van der Waals surface area contributed by atoms with E-state index in [1.54, 1.807) is 13.8 Å². The molecule has 4 nitrogen and oxygen atoms in total. The van der Waals surface area contributed by atoms with Crippen molar-refractivity contribution in [1.82, 2.24) is 0 Å². The maximum Gasteiger partial charge on any atom is 0.332 e. The Morgan fingerprint density at radius 3 is 2.56 bits per heavy atom. The molecular weight excluding hydrogens is 304 g/mol. The lowest BCUT2D eigenvalue weighted by Crippen LogP contribution is -2.19. The maximum atomic E-state index is 13.0. The van der Waals surface area contributed by atoms with Gasteiger partial charge in [-0.25, -0.2) is 4.39 Å². The highest BCUT2D eigenvalue weighted by Gasteiger charge is 2.27. The minimum Gasteiger partial charge on any atom is -0.469 e. The quantitative estimate of drug-likeness (QED) is 0.483. The standard InChI is InChI=1S/C9H8BrClFNO3/c1-9(2,10)16-6-4-3-5(12)7(11)8(6)13(14)15/h3-4H,1-2H3. The summed E-state index contributed by atoms with van der Waals surface area (Å²) in [6, 6.07) is 2.19. The third-order valence-corrected chi connectivity index (χ3v) is 2.09. The SMILES string of the molecule is CC(C)(Br)Oc1ccc(F)c(Cl)c1[N+](=O)[O-]. The first-order valence-corrected chi connectivity index (χ1v) is 5.40. The van der Waals surface area contributed by atoms with Crippen molar-refractivity contribution in [2.75, 3.05) is 0 Å². The van der Waals surface area contributed by atoms with Gasteiger partial charge in [0.15, 0.2) is 9.53 Å². The van der Waals surface area contributed by atoms with Crippen LogP contribution in [0.2, 0.25) is 5.02 Å². The number of rotatable bonds is 3. The molecule has 88 valence electrons. The van der Waals surface area contributed by atoms with Crippen molar-refractivity contribution < 1.29 is 14.1 Å². The van der Waals surface area contributed by atoms with Crippen molar-refractivity contribution in [3.63, 3.8) is 0 Å². The number of hydrogen-bond donors (Lipinski definition) is 0. The average molecular weight is 313 g/mol. The minimum atomic E-state index is -0.854. The number of nitrogens with zero attached hydrogens (tertiary/aromatic N) is 1. The highest BCUT2D eigenvalue weighted by Crippen LogP contribution is 2.38. The summed E-state index contributed by atoms with van der Waals surface area (Å²) >= 11 is 8.67. The Hall–Kier alpha value is -0.880. The molecular formula is C9H8BrClFNO3. The van der Waals surface area contributed by atoms with Crippen molar-refractivity contribution >= 4 is 33.2 Å². The van der Waals surface area contributed by atoms with Crippen LogP contribution >= 0.6 is 27.5 Å². The highest BCUT2D eigenvalue weighted by molar-refractivity contribution is 9.10. The van der Waals surface area contributed by atoms with Gasteiger partial charge in [0.1, 0.15) is 5.82 Å². The first kappa shape index (κ1) is 13.2. The molecule has 0 saturated heterocycles. The van der Waals surface area contributed by atoms with Gasteiger partial charge in [0, 0.05) is 0 Å². The molecule has 0 saturated carbocycles. The molecule has 1 rings (SSSR count). The molecule has 0 amide bonds. The van der Waals surface area contributed by atoms with E-state index in [1.165, 1.54) is 6.07 Å². The number of nitro benzene ring substituents is 1. The second-order valence-electron chi connectivity index (χ2n) is 3.43. The lowest BCUT2D eigenvalue weighted by atomic mass is 10.3. The molecule has 0 atom stereocenters. The number of halogens is 3. The van der Waals surface area contributed by atoms with Crippen molar-refractivity contribution in [2.45, 2.75) is 18.4 Å². The molecule has 1 aromatic carbocycles. The Morgan fingerprint density at radius 2 is 2.12 bits per heavy atom. The summed E-state index contributed by atoms with van der Waals surface area (Å²) in [4.78, 5) is 9.96. The molecule has 0 bridgehead atoms. The predicted octanol–water partition coefficient (Wildman–Crippen LogP) is 3.90. The van der Waals surface area contributed by atoms with E-state index in [0.717, 1.165) is 6.07 Å². The van der Waals surface area contributed by atoms with Crippen LogP contribution in [-0.4, -0.2) is 9.43 Å². The Morgan fingerprint density at radius 1 is 1.56 bits per heavy atom. The van der Waals surface area contributed by atoms with Crippen molar-refractivity contribution in [3.05, 3.63) is 33.1 Å². The second kappa shape index (κ2) is 4.55. The van der Waals surface area contributed by atoms with Gasteiger partial charge in [0.2, 0.25) is 5.75 Å². The van der Waals surface area contributed by atoms with Crippen LogP contribution < -0.4 is 4.74 Å². The van der Waals surface area contributed by atoms with Crippen LogP contribution in [0.25, 0.3) is 0 Å². The van der Waals surface area contributed by atoms with E-state index >= 15 is 0 Å². The van der Waals surface area contributed by atoms with Crippen molar-refractivity contribution in [1.29, 1.82) is 0 Å². The van der Waals surface area contributed by atoms with Crippen LogP contribution in [0.1, 0.15) is 13.8 Å². The van der Waals surface area contributed by atoms with Crippen LogP contribution in [0.3, 0.4) is 0 Å². The van der Waals surface area contributed by atoms with E-state index in [-0.39, 0.29) is 5.75 Å². The average Bonchev–Trinajstić information content (AvgIpc) is 2.08. The highest BCUT2D eigenvalue weighted by atomic mass is 79.9. The van der Waals surface area contributed by atoms with Crippen LogP contribution in [0.4, 0.5) is 10.1 Å². The van der Waals surface area contributed by atoms with E-state index < -0.39 is 26.0 Å². The Bertz CT molecular complexity index is 433. The van der Waals surface area contributed by atoms with E-state index in [2.05, 4.69) is 15.9 Å².